The molecule has 4 nitrogen and oxygen atoms in total. The van der Waals surface area contributed by atoms with Crippen molar-refractivity contribution in [2.24, 2.45) is 0 Å². The van der Waals surface area contributed by atoms with Crippen LogP contribution in [0.2, 0.25) is 5.02 Å². The minimum Gasteiger partial charge on any atom is -0.467 e. The van der Waals surface area contributed by atoms with Crippen LogP contribution in [-0.4, -0.2) is 10.6 Å². The standard InChI is InChI=1S/C19H14ClNO3S2/c20-14-5-3-13(4-6-14)17-8-7-15(24-17)10-18(26-12-25)19(22)21-11-16-2-1-9-23-16/h1-10,12H,11H2,(H,21,22)/b18-10-. The average Bonchev–Trinajstić information content (AvgIpc) is 3.32. The van der Waals surface area contributed by atoms with Crippen molar-refractivity contribution < 1.29 is 13.6 Å². The first-order chi connectivity index (χ1) is 12.7. The summed E-state index contributed by atoms with van der Waals surface area (Å²) in [6, 6.07) is 14.5. The molecule has 0 spiro atoms. The van der Waals surface area contributed by atoms with E-state index in [0.29, 0.717) is 33.8 Å². The molecule has 1 aromatic carbocycles. The highest BCUT2D eigenvalue weighted by atomic mass is 35.5. The minimum absolute atomic E-state index is 0.253. The van der Waals surface area contributed by atoms with Crippen LogP contribution in [0.4, 0.5) is 0 Å². The van der Waals surface area contributed by atoms with Crippen LogP contribution >= 0.6 is 35.6 Å². The van der Waals surface area contributed by atoms with Crippen molar-refractivity contribution in [3.63, 3.8) is 0 Å². The smallest absolute Gasteiger partial charge is 0.258 e. The third-order valence-corrected chi connectivity index (χ3v) is 4.63. The molecule has 1 amide bonds. The van der Waals surface area contributed by atoms with Crippen LogP contribution < -0.4 is 5.32 Å². The summed E-state index contributed by atoms with van der Waals surface area (Å²) in [5.74, 6) is 1.67. The van der Waals surface area contributed by atoms with E-state index < -0.39 is 0 Å². The highest BCUT2D eigenvalue weighted by molar-refractivity contribution is 8.24. The molecule has 0 bridgehead atoms. The molecule has 0 fully saturated rings. The Morgan fingerprint density at radius 3 is 2.69 bits per heavy atom. The van der Waals surface area contributed by atoms with E-state index in [1.165, 1.54) is 4.70 Å². The Hall–Kier alpha value is -2.28. The molecule has 0 aliphatic rings. The Morgan fingerprint density at radius 1 is 1.19 bits per heavy atom. The summed E-state index contributed by atoms with van der Waals surface area (Å²) >= 11 is 11.9. The van der Waals surface area contributed by atoms with Gasteiger partial charge in [-0.25, -0.2) is 0 Å². The molecular formula is C19H14ClNO3S2. The molecule has 7 heteroatoms. The summed E-state index contributed by atoms with van der Waals surface area (Å²) in [7, 11) is 0. The summed E-state index contributed by atoms with van der Waals surface area (Å²) in [4.78, 5) is 12.8. The van der Waals surface area contributed by atoms with Crippen LogP contribution in [0.15, 0.2) is 68.5 Å². The first kappa shape index (κ1) is 18.5. The monoisotopic (exact) mass is 403 g/mol. The zero-order chi connectivity index (χ0) is 18.4. The normalized spacial score (nSPS) is 11.3. The van der Waals surface area contributed by atoms with Crippen molar-refractivity contribution in [3.05, 3.63) is 76.2 Å². The Labute approximate surface area is 165 Å². The third-order valence-electron chi connectivity index (χ3n) is 3.43. The van der Waals surface area contributed by atoms with Gasteiger partial charge in [0.25, 0.3) is 5.91 Å². The number of hydrogen-bond acceptors (Lipinski definition) is 5. The number of carbonyl (C=O) groups is 1. The zero-order valence-electron chi connectivity index (χ0n) is 13.5. The maximum atomic E-state index is 12.4. The molecule has 1 N–H and O–H groups in total. The van der Waals surface area contributed by atoms with Crippen molar-refractivity contribution in [1.82, 2.24) is 5.32 Å². The molecule has 2 heterocycles. The van der Waals surface area contributed by atoms with Gasteiger partial charge in [-0.3, -0.25) is 4.79 Å². The molecule has 0 radical (unpaired) electrons. The largest absolute Gasteiger partial charge is 0.467 e. The summed E-state index contributed by atoms with van der Waals surface area (Å²) in [5, 5.41) is 3.45. The molecule has 0 aliphatic carbocycles. The molecule has 0 saturated carbocycles. The number of thiocarbonyl (C=S) groups is 1. The first-order valence-corrected chi connectivity index (χ1v) is 9.37. The van der Waals surface area contributed by atoms with Crippen molar-refractivity contribution in [2.75, 3.05) is 0 Å². The molecule has 132 valence electrons. The zero-order valence-corrected chi connectivity index (χ0v) is 15.9. The fourth-order valence-corrected chi connectivity index (χ4v) is 3.11. The van der Waals surface area contributed by atoms with Crippen LogP contribution in [0, 0.1) is 0 Å². The van der Waals surface area contributed by atoms with Gasteiger partial charge in [0, 0.05) is 21.4 Å². The summed E-state index contributed by atoms with van der Waals surface area (Å²) in [6.45, 7) is 0.301. The second-order valence-electron chi connectivity index (χ2n) is 5.19. The van der Waals surface area contributed by atoms with Crippen LogP contribution in [0.5, 0.6) is 0 Å². The number of furan rings is 2. The van der Waals surface area contributed by atoms with Gasteiger partial charge in [-0.2, -0.15) is 0 Å². The van der Waals surface area contributed by atoms with Crippen molar-refractivity contribution in [3.8, 4) is 11.3 Å². The molecule has 0 atom stereocenters. The van der Waals surface area contributed by atoms with E-state index in [-0.39, 0.29) is 5.91 Å². The van der Waals surface area contributed by atoms with Gasteiger partial charge in [0.2, 0.25) is 0 Å². The van der Waals surface area contributed by atoms with E-state index in [4.69, 9.17) is 32.7 Å². The van der Waals surface area contributed by atoms with Crippen molar-refractivity contribution in [2.45, 2.75) is 6.54 Å². The van der Waals surface area contributed by atoms with E-state index in [1.807, 2.05) is 18.2 Å². The summed E-state index contributed by atoms with van der Waals surface area (Å²) in [6.07, 6.45) is 3.22. The van der Waals surface area contributed by atoms with Crippen molar-refractivity contribution in [1.29, 1.82) is 0 Å². The molecular weight excluding hydrogens is 390 g/mol. The third kappa shape index (κ3) is 4.88. The number of nitrogens with one attached hydrogen (secondary N) is 1. The second-order valence-corrected chi connectivity index (χ2v) is 7.08. The fourth-order valence-electron chi connectivity index (χ4n) is 2.20. The Balaban J connectivity index is 1.74. The number of rotatable bonds is 7. The van der Waals surface area contributed by atoms with E-state index in [2.05, 4.69) is 5.32 Å². The van der Waals surface area contributed by atoms with Gasteiger partial charge in [0.1, 0.15) is 17.3 Å². The van der Waals surface area contributed by atoms with Crippen LogP contribution in [-0.2, 0) is 11.3 Å². The SMILES string of the molecule is O=C(NCc1ccco1)/C(=C/c1ccc(-c2ccc(Cl)cc2)o1)SC=S. The van der Waals surface area contributed by atoms with E-state index in [9.17, 15) is 4.79 Å². The van der Waals surface area contributed by atoms with Gasteiger partial charge >= 0.3 is 0 Å². The maximum Gasteiger partial charge on any atom is 0.258 e. The number of benzene rings is 1. The van der Waals surface area contributed by atoms with Gasteiger partial charge in [-0.15, -0.1) is 0 Å². The van der Waals surface area contributed by atoms with E-state index in [0.717, 1.165) is 17.3 Å². The minimum atomic E-state index is -0.253. The van der Waals surface area contributed by atoms with Gasteiger partial charge in [-0.1, -0.05) is 35.6 Å². The molecule has 2 aromatic heterocycles. The van der Waals surface area contributed by atoms with Crippen molar-refractivity contribution >= 4 is 52.3 Å². The highest BCUT2D eigenvalue weighted by Gasteiger charge is 2.12. The summed E-state index contributed by atoms with van der Waals surface area (Å²) < 4.78 is 12.4. The van der Waals surface area contributed by atoms with Crippen LogP contribution in [0.25, 0.3) is 17.4 Å². The molecule has 3 rings (SSSR count). The lowest BCUT2D eigenvalue weighted by atomic mass is 10.2. The lowest BCUT2D eigenvalue weighted by molar-refractivity contribution is -0.117. The molecule has 0 saturated heterocycles. The van der Waals surface area contributed by atoms with Crippen LogP contribution in [0.3, 0.4) is 0 Å². The molecule has 0 unspecified atom stereocenters. The predicted octanol–water partition coefficient (Wildman–Crippen LogP) is 5.54. The average molecular weight is 404 g/mol. The lowest BCUT2D eigenvalue weighted by Crippen LogP contribution is -2.23. The molecule has 26 heavy (non-hydrogen) atoms. The maximum absolute atomic E-state index is 12.4. The molecule has 3 aromatic rings. The highest BCUT2D eigenvalue weighted by Crippen LogP contribution is 2.26. The number of amides is 1. The number of hydrogen-bond donors (Lipinski definition) is 1. The quantitative estimate of drug-likeness (QED) is 0.414. The predicted molar refractivity (Wildman–Crippen MR) is 109 cm³/mol. The van der Waals surface area contributed by atoms with Gasteiger partial charge in [0.15, 0.2) is 0 Å². The van der Waals surface area contributed by atoms with E-state index in [1.54, 1.807) is 42.7 Å². The van der Waals surface area contributed by atoms with E-state index >= 15 is 0 Å². The number of thioether (sulfide) groups is 1. The number of halogens is 1. The second kappa shape index (κ2) is 8.89. The van der Waals surface area contributed by atoms with Crippen LogP contribution in [0.1, 0.15) is 11.5 Å². The van der Waals surface area contributed by atoms with Gasteiger partial charge < -0.3 is 14.2 Å². The Kier molecular flexibility index (Phi) is 6.33. The first-order valence-electron chi connectivity index (χ1n) is 7.64. The lowest BCUT2D eigenvalue weighted by Gasteiger charge is -2.05. The fraction of sp³-hybridized carbons (Fsp3) is 0.0526. The summed E-state index contributed by atoms with van der Waals surface area (Å²) in [5.41, 5.74) is 0.903. The molecule has 0 aliphatic heterocycles. The van der Waals surface area contributed by atoms with Gasteiger partial charge in [-0.05, 0) is 48.5 Å². The number of carbonyl (C=O) groups excluding carboxylic acids is 1. The topological polar surface area (TPSA) is 55.4 Å². The Morgan fingerprint density at radius 2 is 2.00 bits per heavy atom. The Bertz CT molecular complexity index is 915. The van der Waals surface area contributed by atoms with Gasteiger partial charge in [0.05, 0.1) is 17.7 Å².